The van der Waals surface area contributed by atoms with Crippen LogP contribution in [0.5, 0.6) is 0 Å². The van der Waals surface area contributed by atoms with Gasteiger partial charge in [-0.25, -0.2) is 0 Å². The molecule has 0 aromatic rings. The lowest BCUT2D eigenvalue weighted by molar-refractivity contribution is -0.870. The van der Waals surface area contributed by atoms with Gasteiger partial charge in [-0.05, 0) is 115 Å². The summed E-state index contributed by atoms with van der Waals surface area (Å²) in [5.74, 6) is -0.565. The number of carbonyl (C=O) groups excluding carboxylic acids is 2. The normalized spacial score (nSPS) is 14.2. The van der Waals surface area contributed by atoms with Gasteiger partial charge in [-0.1, -0.05) is 278 Å². The van der Waals surface area contributed by atoms with E-state index in [9.17, 15) is 19.0 Å². The Morgan fingerprint density at radius 2 is 0.762 bits per heavy atom. The molecule has 9 nitrogen and oxygen atoms in total. The minimum absolute atomic E-state index is 0.0307. The molecule has 0 fully saturated rings. The number of rotatable bonds is 62. The molecule has 0 radical (unpaired) electrons. The Labute approximate surface area is 519 Å². The molecule has 0 spiro atoms. The quantitative estimate of drug-likeness (QED) is 0.0212. The number of nitrogens with one attached hydrogen (secondary N) is 1. The molecule has 84 heavy (non-hydrogen) atoms. The number of unbranched alkanes of at least 4 members (excludes halogenated alkanes) is 30. The fraction of sp³-hybridized carbons (Fsp3) is 0.730. The highest BCUT2D eigenvalue weighted by Crippen LogP contribution is 2.38. The summed E-state index contributed by atoms with van der Waals surface area (Å²) in [5.41, 5.74) is 0. The van der Waals surface area contributed by atoms with Gasteiger partial charge in [-0.2, -0.15) is 0 Å². The fourth-order valence-corrected chi connectivity index (χ4v) is 10.3. The highest BCUT2D eigenvalue weighted by molar-refractivity contribution is 7.45. The van der Waals surface area contributed by atoms with Crippen LogP contribution in [-0.2, 0) is 27.9 Å². The first kappa shape index (κ1) is 80.7. The molecular weight excluding hydrogens is 1060 g/mol. The second kappa shape index (κ2) is 62.7. The van der Waals surface area contributed by atoms with Crippen LogP contribution in [0.4, 0.5) is 0 Å². The van der Waals surface area contributed by atoms with Crippen LogP contribution in [0.25, 0.3) is 0 Å². The Kier molecular flexibility index (Phi) is 60.2. The third-order valence-corrected chi connectivity index (χ3v) is 15.9. The van der Waals surface area contributed by atoms with Gasteiger partial charge in [-0.3, -0.25) is 14.2 Å². The van der Waals surface area contributed by atoms with Crippen molar-refractivity contribution in [2.75, 3.05) is 40.9 Å². The average Bonchev–Trinajstić information content (AvgIpc) is 3.65. The number of amides is 1. The van der Waals surface area contributed by atoms with Crippen molar-refractivity contribution < 1.29 is 37.3 Å². The zero-order valence-corrected chi connectivity index (χ0v) is 56.2. The first-order valence-electron chi connectivity index (χ1n) is 34.7. The van der Waals surface area contributed by atoms with Gasteiger partial charge in [0, 0.05) is 12.8 Å². The van der Waals surface area contributed by atoms with Crippen LogP contribution in [0.2, 0.25) is 0 Å². The predicted octanol–water partition coefficient (Wildman–Crippen LogP) is 21.4. The van der Waals surface area contributed by atoms with Crippen LogP contribution in [0.15, 0.2) is 109 Å². The third-order valence-electron chi connectivity index (χ3n) is 14.9. The summed E-state index contributed by atoms with van der Waals surface area (Å²) in [4.78, 5) is 40.2. The molecule has 0 bridgehead atoms. The number of phosphoric ester groups is 1. The van der Waals surface area contributed by atoms with E-state index in [0.29, 0.717) is 23.9 Å². The van der Waals surface area contributed by atoms with E-state index in [4.69, 9.17) is 13.8 Å². The molecule has 3 atom stereocenters. The summed E-state index contributed by atoms with van der Waals surface area (Å²) < 4.78 is 30.4. The van der Waals surface area contributed by atoms with E-state index < -0.39 is 26.6 Å². The smallest absolute Gasteiger partial charge is 0.306 e. The SMILES string of the molecule is CC/C=C\C/C=C\C/C=C\C/C=C\C/C=C\CCCCCCCC(=O)OC(/C=C\CCCCCCCCCCCC)C(COP(=O)([O-])OCC[N+](C)(C)C)NC(=O)CCCCCCCCCCCCCC/C=C\C/C=C\C/C=C\CCCCC. The lowest BCUT2D eigenvalue weighted by atomic mass is 10.0. The molecule has 1 N–H and O–H groups in total. The molecule has 0 heterocycles. The second-order valence-corrected chi connectivity index (χ2v) is 25.7. The van der Waals surface area contributed by atoms with Crippen LogP contribution in [0, 0.1) is 0 Å². The van der Waals surface area contributed by atoms with E-state index in [-0.39, 0.29) is 24.9 Å². The molecule has 0 saturated carbocycles. The Balaban J connectivity index is 5.14. The van der Waals surface area contributed by atoms with Crippen molar-refractivity contribution >= 4 is 19.7 Å². The van der Waals surface area contributed by atoms with E-state index in [1.807, 2.05) is 33.3 Å². The van der Waals surface area contributed by atoms with Gasteiger partial charge < -0.3 is 28.5 Å². The van der Waals surface area contributed by atoms with E-state index in [1.54, 1.807) is 0 Å². The van der Waals surface area contributed by atoms with Crippen LogP contribution in [0.1, 0.15) is 297 Å². The van der Waals surface area contributed by atoms with Crippen LogP contribution in [0.3, 0.4) is 0 Å². The van der Waals surface area contributed by atoms with Gasteiger partial charge in [-0.15, -0.1) is 0 Å². The monoisotopic (exact) mass is 1190 g/mol. The summed E-state index contributed by atoms with van der Waals surface area (Å²) in [5, 5.41) is 3.03. The summed E-state index contributed by atoms with van der Waals surface area (Å²) in [6, 6.07) is -0.905. The van der Waals surface area contributed by atoms with Crippen LogP contribution >= 0.6 is 7.82 Å². The summed E-state index contributed by atoms with van der Waals surface area (Å²) in [6.07, 6.45) is 86.3. The number of likely N-dealkylation sites (N-methyl/N-ethyl adjacent to an activating group) is 1. The van der Waals surface area contributed by atoms with Crippen molar-refractivity contribution in [2.24, 2.45) is 0 Å². The first-order valence-corrected chi connectivity index (χ1v) is 36.2. The molecule has 0 aromatic carbocycles. The topological polar surface area (TPSA) is 114 Å². The number of carbonyl (C=O) groups is 2. The summed E-state index contributed by atoms with van der Waals surface area (Å²) in [6.45, 7) is 6.70. The highest BCUT2D eigenvalue weighted by atomic mass is 31.2. The zero-order valence-electron chi connectivity index (χ0n) is 55.3. The van der Waals surface area contributed by atoms with Gasteiger partial charge in [0.25, 0.3) is 7.82 Å². The van der Waals surface area contributed by atoms with Crippen molar-refractivity contribution in [1.82, 2.24) is 5.32 Å². The number of esters is 1. The maximum atomic E-state index is 13.6. The number of phosphoric acid groups is 1. The van der Waals surface area contributed by atoms with Gasteiger partial charge in [0.05, 0.1) is 33.8 Å². The molecule has 0 aromatic heterocycles. The van der Waals surface area contributed by atoms with Crippen LogP contribution in [-0.4, -0.2) is 69.4 Å². The van der Waals surface area contributed by atoms with Crippen molar-refractivity contribution in [1.29, 1.82) is 0 Å². The first-order chi connectivity index (χ1) is 40.9. The van der Waals surface area contributed by atoms with Gasteiger partial charge in [0.1, 0.15) is 19.3 Å². The lowest BCUT2D eigenvalue weighted by Gasteiger charge is -2.30. The van der Waals surface area contributed by atoms with E-state index in [1.165, 1.54) is 135 Å². The molecule has 10 heteroatoms. The zero-order chi connectivity index (χ0) is 61.4. The largest absolute Gasteiger partial charge is 0.756 e. The second-order valence-electron chi connectivity index (χ2n) is 24.3. The molecule has 0 rings (SSSR count). The molecule has 0 aliphatic rings. The predicted molar refractivity (Wildman–Crippen MR) is 362 cm³/mol. The molecule has 3 unspecified atom stereocenters. The maximum Gasteiger partial charge on any atom is 0.306 e. The van der Waals surface area contributed by atoms with E-state index in [2.05, 4.69) is 123 Å². The van der Waals surface area contributed by atoms with Crippen molar-refractivity contribution in [3.63, 3.8) is 0 Å². The molecular formula is C74H131N2O7P. The van der Waals surface area contributed by atoms with Crippen molar-refractivity contribution in [3.8, 4) is 0 Å². The molecule has 0 aliphatic heterocycles. The maximum absolute atomic E-state index is 13.6. The highest BCUT2D eigenvalue weighted by Gasteiger charge is 2.27. The summed E-state index contributed by atoms with van der Waals surface area (Å²) in [7, 11) is 1.16. The van der Waals surface area contributed by atoms with E-state index >= 15 is 0 Å². The third kappa shape index (κ3) is 63.2. The fourth-order valence-electron chi connectivity index (χ4n) is 9.62. The number of ether oxygens (including phenoxy) is 1. The number of allylic oxidation sites excluding steroid dienone is 17. The molecule has 1 amide bonds. The Morgan fingerprint density at radius 1 is 0.429 bits per heavy atom. The van der Waals surface area contributed by atoms with Gasteiger partial charge in [0.2, 0.25) is 5.91 Å². The summed E-state index contributed by atoms with van der Waals surface area (Å²) >= 11 is 0. The van der Waals surface area contributed by atoms with E-state index in [0.717, 1.165) is 122 Å². The van der Waals surface area contributed by atoms with Gasteiger partial charge >= 0.3 is 5.97 Å². The Bertz CT molecular complexity index is 1810. The number of hydrogen-bond donors (Lipinski definition) is 1. The number of quaternary nitrogens is 1. The molecule has 0 saturated heterocycles. The number of hydrogen-bond acceptors (Lipinski definition) is 7. The number of nitrogens with zero attached hydrogens (tertiary/aromatic N) is 1. The van der Waals surface area contributed by atoms with Gasteiger partial charge in [0.15, 0.2) is 0 Å². The molecule has 484 valence electrons. The van der Waals surface area contributed by atoms with Crippen molar-refractivity contribution in [2.45, 2.75) is 309 Å². The minimum atomic E-state index is -4.72. The Morgan fingerprint density at radius 3 is 1.17 bits per heavy atom. The van der Waals surface area contributed by atoms with Crippen LogP contribution < -0.4 is 10.2 Å². The van der Waals surface area contributed by atoms with Crippen molar-refractivity contribution in [3.05, 3.63) is 109 Å². The molecule has 0 aliphatic carbocycles. The standard InChI is InChI=1S/C74H131N2O7P/c1-7-10-13-16-19-22-25-28-30-32-34-36-37-38-39-41-42-44-46-48-51-54-57-60-63-66-73(77)75-71(70-82-84(79,80)81-69-68-76(4,5)6)72(65-62-59-56-53-50-27-24-21-18-15-12-9-3)83-74(78)67-64-61-58-55-52-49-47-45-43-40-35-33-31-29-26-23-20-17-14-11-8-2/h11,14,19-20,22-23,28-31,34-36,40,45,47,62,65,71-72H,7-10,12-13,15-18,21,24-27,32-33,37-39,41-44,46,48-61,63-64,66-70H2,1-6H3,(H-,75,77,79,80)/b14-11-,22-19-,23-20-,30-28-,31-29-,36-34-,40-35-,47-45-,65-62-. The lowest BCUT2D eigenvalue weighted by Crippen LogP contribution is -2.47. The minimum Gasteiger partial charge on any atom is -0.756 e. The average molecular weight is 1190 g/mol. The Hall–Kier alpha value is -3.33.